The first-order valence-electron chi connectivity index (χ1n) is 7.57. The molecular formula is C16H21ClN2O2S. The van der Waals surface area contributed by atoms with Crippen molar-refractivity contribution in [2.75, 3.05) is 25.4 Å². The van der Waals surface area contributed by atoms with Crippen LogP contribution in [0.4, 0.5) is 0 Å². The average molecular weight is 341 g/mol. The van der Waals surface area contributed by atoms with Gasteiger partial charge in [-0.3, -0.25) is 9.79 Å². The Morgan fingerprint density at radius 1 is 1.45 bits per heavy atom. The lowest BCUT2D eigenvalue weighted by Gasteiger charge is -2.09. The van der Waals surface area contributed by atoms with E-state index in [0.717, 1.165) is 37.5 Å². The van der Waals surface area contributed by atoms with Crippen LogP contribution in [-0.4, -0.2) is 36.4 Å². The molecule has 1 aliphatic rings. The molecule has 0 saturated heterocycles. The third kappa shape index (κ3) is 5.21. The first-order chi connectivity index (χ1) is 10.7. The number of nitrogens with one attached hydrogen (secondary N) is 1. The SMILES string of the molecule is CCCCCOc1ccc(C(=O)CSC2=NCCN2)cc1Cl. The van der Waals surface area contributed by atoms with Crippen LogP contribution in [0.25, 0.3) is 0 Å². The van der Waals surface area contributed by atoms with Gasteiger partial charge < -0.3 is 10.1 Å². The van der Waals surface area contributed by atoms with E-state index in [1.165, 1.54) is 11.8 Å². The van der Waals surface area contributed by atoms with E-state index in [-0.39, 0.29) is 5.78 Å². The van der Waals surface area contributed by atoms with Crippen LogP contribution < -0.4 is 10.1 Å². The molecule has 0 atom stereocenters. The summed E-state index contributed by atoms with van der Waals surface area (Å²) in [5, 5.41) is 4.46. The van der Waals surface area contributed by atoms with Crippen molar-refractivity contribution in [1.82, 2.24) is 5.32 Å². The first kappa shape index (κ1) is 17.2. The molecule has 2 rings (SSSR count). The Morgan fingerprint density at radius 3 is 3.00 bits per heavy atom. The molecule has 0 spiro atoms. The normalized spacial score (nSPS) is 13.6. The minimum absolute atomic E-state index is 0.0424. The molecule has 0 fully saturated rings. The summed E-state index contributed by atoms with van der Waals surface area (Å²) in [6, 6.07) is 5.23. The Labute approximate surface area is 140 Å². The van der Waals surface area contributed by atoms with E-state index in [9.17, 15) is 4.79 Å². The van der Waals surface area contributed by atoms with E-state index in [0.29, 0.717) is 28.7 Å². The van der Waals surface area contributed by atoms with Gasteiger partial charge >= 0.3 is 0 Å². The van der Waals surface area contributed by atoms with Gasteiger partial charge in [-0.1, -0.05) is 43.1 Å². The van der Waals surface area contributed by atoms with Gasteiger partial charge in [-0.25, -0.2) is 0 Å². The minimum Gasteiger partial charge on any atom is -0.492 e. The minimum atomic E-state index is 0.0424. The summed E-state index contributed by atoms with van der Waals surface area (Å²) in [6.45, 7) is 4.44. The Kier molecular flexibility index (Phi) is 7.06. The Morgan fingerprint density at radius 2 is 2.32 bits per heavy atom. The number of unbranched alkanes of at least 4 members (excludes halogenated alkanes) is 2. The molecule has 1 aromatic rings. The zero-order chi connectivity index (χ0) is 15.8. The number of Topliss-reactive ketones (excluding diaryl/α,β-unsaturated/α-hetero) is 1. The molecule has 0 radical (unpaired) electrons. The average Bonchev–Trinajstić information content (AvgIpc) is 3.04. The number of aliphatic imine (C=N–C) groups is 1. The van der Waals surface area contributed by atoms with Gasteiger partial charge in [0.25, 0.3) is 0 Å². The van der Waals surface area contributed by atoms with Gasteiger partial charge in [0, 0.05) is 12.1 Å². The lowest BCUT2D eigenvalue weighted by molar-refractivity contribution is 0.102. The number of halogens is 1. The number of carbonyl (C=O) groups excluding carboxylic acids is 1. The summed E-state index contributed by atoms with van der Waals surface area (Å²) >= 11 is 7.62. The monoisotopic (exact) mass is 340 g/mol. The van der Waals surface area contributed by atoms with E-state index in [1.54, 1.807) is 18.2 Å². The molecule has 1 aliphatic heterocycles. The van der Waals surface area contributed by atoms with E-state index in [4.69, 9.17) is 16.3 Å². The number of carbonyl (C=O) groups is 1. The van der Waals surface area contributed by atoms with Crippen LogP contribution in [0.5, 0.6) is 5.75 Å². The van der Waals surface area contributed by atoms with Crippen molar-refractivity contribution >= 4 is 34.3 Å². The molecule has 0 aliphatic carbocycles. The number of ketones is 1. The van der Waals surface area contributed by atoms with Gasteiger partial charge in [0.2, 0.25) is 0 Å². The van der Waals surface area contributed by atoms with Gasteiger partial charge in [-0.15, -0.1) is 0 Å². The summed E-state index contributed by atoms with van der Waals surface area (Å²) in [4.78, 5) is 16.4. The van der Waals surface area contributed by atoms with E-state index in [1.807, 2.05) is 0 Å². The largest absolute Gasteiger partial charge is 0.492 e. The molecule has 6 heteroatoms. The lowest BCUT2D eigenvalue weighted by Crippen LogP contribution is -2.17. The van der Waals surface area contributed by atoms with Crippen molar-refractivity contribution in [3.8, 4) is 5.75 Å². The number of ether oxygens (including phenoxy) is 1. The van der Waals surface area contributed by atoms with Crippen LogP contribution in [0, 0.1) is 0 Å². The second-order valence-corrected chi connectivity index (χ2v) is 6.40. The smallest absolute Gasteiger partial charge is 0.173 e. The van der Waals surface area contributed by atoms with Crippen molar-refractivity contribution in [2.24, 2.45) is 4.99 Å². The summed E-state index contributed by atoms with van der Waals surface area (Å²) < 4.78 is 5.64. The van der Waals surface area contributed by atoms with Crippen molar-refractivity contribution in [1.29, 1.82) is 0 Å². The molecule has 0 unspecified atom stereocenters. The van der Waals surface area contributed by atoms with Crippen LogP contribution in [-0.2, 0) is 0 Å². The predicted molar refractivity (Wildman–Crippen MR) is 93.6 cm³/mol. The number of hydrogen-bond donors (Lipinski definition) is 1. The van der Waals surface area contributed by atoms with Crippen LogP contribution in [0.15, 0.2) is 23.2 Å². The third-order valence-corrected chi connectivity index (χ3v) is 4.49. The van der Waals surface area contributed by atoms with Crippen LogP contribution in [0.3, 0.4) is 0 Å². The highest BCUT2D eigenvalue weighted by atomic mass is 35.5. The molecule has 22 heavy (non-hydrogen) atoms. The fraction of sp³-hybridized carbons (Fsp3) is 0.500. The summed E-state index contributed by atoms with van der Waals surface area (Å²) in [5.41, 5.74) is 0.608. The zero-order valence-corrected chi connectivity index (χ0v) is 14.3. The topological polar surface area (TPSA) is 50.7 Å². The van der Waals surface area contributed by atoms with Crippen molar-refractivity contribution in [3.05, 3.63) is 28.8 Å². The van der Waals surface area contributed by atoms with Gasteiger partial charge in [-0.2, -0.15) is 0 Å². The highest BCUT2D eigenvalue weighted by molar-refractivity contribution is 8.14. The highest BCUT2D eigenvalue weighted by Gasteiger charge is 2.13. The maximum Gasteiger partial charge on any atom is 0.173 e. The summed E-state index contributed by atoms with van der Waals surface area (Å²) in [7, 11) is 0. The summed E-state index contributed by atoms with van der Waals surface area (Å²) in [6.07, 6.45) is 3.31. The predicted octanol–water partition coefficient (Wildman–Crippen LogP) is 3.78. The quantitative estimate of drug-likeness (QED) is 0.578. The molecule has 1 N–H and O–H groups in total. The molecule has 0 amide bonds. The molecule has 0 saturated carbocycles. The van der Waals surface area contributed by atoms with Crippen molar-refractivity contribution < 1.29 is 9.53 Å². The second-order valence-electron chi connectivity index (χ2n) is 5.03. The molecule has 0 aromatic heterocycles. The second kappa shape index (κ2) is 9.06. The first-order valence-corrected chi connectivity index (χ1v) is 8.93. The van der Waals surface area contributed by atoms with Crippen molar-refractivity contribution in [2.45, 2.75) is 26.2 Å². The molecular weight excluding hydrogens is 320 g/mol. The number of hydrogen-bond acceptors (Lipinski definition) is 5. The lowest BCUT2D eigenvalue weighted by atomic mass is 10.1. The molecule has 120 valence electrons. The Hall–Kier alpha value is -1.20. The molecule has 1 aromatic carbocycles. The van der Waals surface area contributed by atoms with Crippen molar-refractivity contribution in [3.63, 3.8) is 0 Å². The fourth-order valence-electron chi connectivity index (χ4n) is 2.02. The van der Waals surface area contributed by atoms with E-state index in [2.05, 4.69) is 17.2 Å². The van der Waals surface area contributed by atoms with Crippen LogP contribution in [0.1, 0.15) is 36.5 Å². The fourth-order valence-corrected chi connectivity index (χ4v) is 3.07. The van der Waals surface area contributed by atoms with Gasteiger partial charge in [0.05, 0.1) is 23.9 Å². The number of rotatable bonds is 8. The van der Waals surface area contributed by atoms with E-state index < -0.39 is 0 Å². The van der Waals surface area contributed by atoms with Gasteiger partial charge in [-0.05, 0) is 24.6 Å². The highest BCUT2D eigenvalue weighted by Crippen LogP contribution is 2.26. The van der Waals surface area contributed by atoms with Crippen LogP contribution >= 0.6 is 23.4 Å². The van der Waals surface area contributed by atoms with E-state index >= 15 is 0 Å². The molecule has 1 heterocycles. The number of benzene rings is 1. The number of amidine groups is 1. The zero-order valence-electron chi connectivity index (χ0n) is 12.7. The van der Waals surface area contributed by atoms with Crippen LogP contribution in [0.2, 0.25) is 5.02 Å². The number of thioether (sulfide) groups is 1. The molecule has 4 nitrogen and oxygen atoms in total. The Bertz CT molecular complexity index is 549. The van der Waals surface area contributed by atoms with Gasteiger partial charge in [0.15, 0.2) is 11.0 Å². The maximum absolute atomic E-state index is 12.2. The molecule has 0 bridgehead atoms. The van der Waals surface area contributed by atoms with Gasteiger partial charge in [0.1, 0.15) is 5.75 Å². The number of nitrogens with zero attached hydrogens (tertiary/aromatic N) is 1. The third-order valence-electron chi connectivity index (χ3n) is 3.24. The summed E-state index contributed by atoms with van der Waals surface area (Å²) in [5.74, 6) is 1.04. The Balaban J connectivity index is 1.86. The standard InChI is InChI=1S/C16H21ClN2O2S/c1-2-3-4-9-21-15-6-5-12(10-13(15)17)14(20)11-22-16-18-7-8-19-16/h5-6,10H,2-4,7-9,11H2,1H3,(H,18,19). The maximum atomic E-state index is 12.2.